The van der Waals surface area contributed by atoms with E-state index in [2.05, 4.69) is 27.5 Å². The molecule has 0 fully saturated rings. The molecule has 1 heterocycles. The fourth-order valence-electron chi connectivity index (χ4n) is 4.27. The number of hydrogen-bond donors (Lipinski definition) is 3. The third-order valence-corrected chi connectivity index (χ3v) is 6.38. The summed E-state index contributed by atoms with van der Waals surface area (Å²) in [5.74, 6) is 0.686. The van der Waals surface area contributed by atoms with Crippen molar-refractivity contribution in [2.75, 3.05) is 29.5 Å². The van der Waals surface area contributed by atoms with E-state index in [0.717, 1.165) is 13.0 Å². The van der Waals surface area contributed by atoms with Crippen LogP contribution in [-0.2, 0) is 4.74 Å². The van der Waals surface area contributed by atoms with Crippen LogP contribution in [0.25, 0.3) is 0 Å². The van der Waals surface area contributed by atoms with E-state index in [-0.39, 0.29) is 5.97 Å². The van der Waals surface area contributed by atoms with Gasteiger partial charge in [-0.3, -0.25) is 0 Å². The fraction of sp³-hybridized carbons (Fsp3) is 0.621. The highest BCUT2D eigenvalue weighted by atomic mass is 16.5. The molecule has 200 valence electrons. The molecule has 0 aliphatic carbocycles. The van der Waals surface area contributed by atoms with E-state index in [0.29, 0.717) is 35.2 Å². The van der Waals surface area contributed by atoms with Gasteiger partial charge in [-0.1, -0.05) is 103 Å². The second-order valence-electron chi connectivity index (χ2n) is 9.40. The van der Waals surface area contributed by atoms with Gasteiger partial charge >= 0.3 is 5.97 Å². The van der Waals surface area contributed by atoms with E-state index in [9.17, 15) is 4.79 Å². The normalized spacial score (nSPS) is 10.8. The van der Waals surface area contributed by atoms with Crippen LogP contribution in [0.1, 0.15) is 114 Å². The lowest BCUT2D eigenvalue weighted by atomic mass is 10.0. The van der Waals surface area contributed by atoms with E-state index < -0.39 is 0 Å². The molecule has 2 aromatic rings. The molecule has 0 saturated heterocycles. The summed E-state index contributed by atoms with van der Waals surface area (Å²) in [4.78, 5) is 20.8. The molecule has 0 spiro atoms. The Balaban J connectivity index is 1.62. The van der Waals surface area contributed by atoms with E-state index in [1.54, 1.807) is 25.1 Å². The van der Waals surface area contributed by atoms with Crippen molar-refractivity contribution in [3.05, 3.63) is 36.2 Å². The van der Waals surface area contributed by atoms with Crippen LogP contribution in [0.2, 0.25) is 0 Å². The number of hydrogen-bond acceptors (Lipinski definition) is 7. The average molecular weight is 498 g/mol. The highest BCUT2D eigenvalue weighted by molar-refractivity contribution is 5.97. The summed E-state index contributed by atoms with van der Waals surface area (Å²) in [6.45, 7) is 5.19. The molecule has 7 heteroatoms. The molecule has 4 N–H and O–H groups in total. The highest BCUT2D eigenvalue weighted by Gasteiger charge is 2.14. The van der Waals surface area contributed by atoms with E-state index in [1.165, 1.54) is 89.8 Å². The second kappa shape index (κ2) is 18.4. The molecule has 0 amide bonds. The molecule has 0 atom stereocenters. The van der Waals surface area contributed by atoms with E-state index >= 15 is 0 Å². The number of nitrogens with one attached hydrogen (secondary N) is 2. The first kappa shape index (κ1) is 29.4. The number of esters is 1. The summed E-state index contributed by atoms with van der Waals surface area (Å²) >= 11 is 0. The Morgan fingerprint density at radius 3 is 1.97 bits per heavy atom. The zero-order chi connectivity index (χ0) is 25.8. The fourth-order valence-corrected chi connectivity index (χ4v) is 4.27. The lowest BCUT2D eigenvalue weighted by Crippen LogP contribution is -2.11. The number of benzene rings is 1. The predicted octanol–water partition coefficient (Wildman–Crippen LogP) is 7.87. The van der Waals surface area contributed by atoms with Gasteiger partial charge in [0.2, 0.25) is 0 Å². The van der Waals surface area contributed by atoms with Crippen molar-refractivity contribution in [1.82, 2.24) is 9.97 Å². The molecule has 1 aromatic carbocycles. The number of nitrogen functional groups attached to an aromatic ring is 1. The van der Waals surface area contributed by atoms with Crippen LogP contribution in [0.3, 0.4) is 0 Å². The Morgan fingerprint density at radius 2 is 1.36 bits per heavy atom. The smallest absolute Gasteiger partial charge is 0.340 e. The summed E-state index contributed by atoms with van der Waals surface area (Å²) in [5, 5.41) is 6.49. The van der Waals surface area contributed by atoms with Crippen LogP contribution >= 0.6 is 0 Å². The van der Waals surface area contributed by atoms with Crippen molar-refractivity contribution in [2.45, 2.75) is 104 Å². The minimum absolute atomic E-state index is 0.316. The number of anilines is 4. The minimum Gasteiger partial charge on any atom is -0.462 e. The van der Waals surface area contributed by atoms with Gasteiger partial charge in [0.1, 0.15) is 12.0 Å². The molecule has 7 nitrogen and oxygen atoms in total. The molecule has 0 aliphatic rings. The number of rotatable bonds is 20. The standard InChI is InChI=1S/C29H47N5O2/c1-3-5-6-7-8-9-10-11-12-13-14-15-16-19-22-31-27-26(30)28(33-23-32-27)34-25-21-18-17-20-24(25)29(35)36-4-2/h17-18,20-21,23H,3-16,19,22,30H2,1-2H3,(H2,31,32,33,34). The maximum atomic E-state index is 12.2. The average Bonchev–Trinajstić information content (AvgIpc) is 2.89. The van der Waals surface area contributed by atoms with Crippen LogP contribution < -0.4 is 16.4 Å². The molecular formula is C29H47N5O2. The van der Waals surface area contributed by atoms with Crippen molar-refractivity contribution in [3.63, 3.8) is 0 Å². The van der Waals surface area contributed by atoms with Gasteiger partial charge in [0.05, 0.1) is 17.9 Å². The lowest BCUT2D eigenvalue weighted by Gasteiger charge is -2.14. The molecule has 0 saturated carbocycles. The summed E-state index contributed by atoms with van der Waals surface area (Å²) in [7, 11) is 0. The van der Waals surface area contributed by atoms with Crippen molar-refractivity contribution in [3.8, 4) is 0 Å². The van der Waals surface area contributed by atoms with Gasteiger partial charge in [0, 0.05) is 6.54 Å². The minimum atomic E-state index is -0.385. The zero-order valence-corrected chi connectivity index (χ0v) is 22.5. The van der Waals surface area contributed by atoms with Gasteiger partial charge in [0.15, 0.2) is 11.6 Å². The molecular weight excluding hydrogens is 450 g/mol. The van der Waals surface area contributed by atoms with Crippen LogP contribution in [-0.4, -0.2) is 29.1 Å². The number of para-hydroxylation sites is 1. The number of carbonyl (C=O) groups is 1. The van der Waals surface area contributed by atoms with Crippen LogP contribution in [0.15, 0.2) is 30.6 Å². The van der Waals surface area contributed by atoms with Crippen molar-refractivity contribution >= 4 is 29.0 Å². The number of ether oxygens (including phenoxy) is 1. The Morgan fingerprint density at radius 1 is 0.806 bits per heavy atom. The molecule has 36 heavy (non-hydrogen) atoms. The SMILES string of the molecule is CCCCCCCCCCCCCCCCNc1ncnc(Nc2ccccc2C(=O)OCC)c1N. The first-order valence-electron chi connectivity index (χ1n) is 14.0. The summed E-state index contributed by atoms with van der Waals surface area (Å²) in [6, 6.07) is 7.16. The predicted molar refractivity (Wildman–Crippen MR) is 151 cm³/mol. The number of carbonyl (C=O) groups excluding carboxylic acids is 1. The maximum Gasteiger partial charge on any atom is 0.340 e. The van der Waals surface area contributed by atoms with Gasteiger partial charge in [-0.15, -0.1) is 0 Å². The maximum absolute atomic E-state index is 12.2. The third kappa shape index (κ3) is 11.3. The van der Waals surface area contributed by atoms with E-state index in [1.807, 2.05) is 6.07 Å². The number of aromatic nitrogens is 2. The Kier molecular flexibility index (Phi) is 15.1. The van der Waals surface area contributed by atoms with E-state index in [4.69, 9.17) is 10.5 Å². The lowest BCUT2D eigenvalue weighted by molar-refractivity contribution is 0.0527. The monoisotopic (exact) mass is 497 g/mol. The topological polar surface area (TPSA) is 102 Å². The van der Waals surface area contributed by atoms with Crippen molar-refractivity contribution in [2.24, 2.45) is 0 Å². The molecule has 1 aromatic heterocycles. The van der Waals surface area contributed by atoms with Crippen LogP contribution in [0.4, 0.5) is 23.0 Å². The van der Waals surface area contributed by atoms with Gasteiger partial charge < -0.3 is 21.1 Å². The second-order valence-corrected chi connectivity index (χ2v) is 9.40. The van der Waals surface area contributed by atoms with Gasteiger partial charge in [-0.05, 0) is 25.5 Å². The molecule has 0 bridgehead atoms. The quantitative estimate of drug-likeness (QED) is 0.126. The number of nitrogens with zero attached hydrogens (tertiary/aromatic N) is 2. The first-order chi connectivity index (χ1) is 17.7. The van der Waals surface area contributed by atoms with Gasteiger partial charge in [-0.2, -0.15) is 0 Å². The number of nitrogens with two attached hydrogens (primary N) is 1. The Bertz CT molecular complexity index is 874. The highest BCUT2D eigenvalue weighted by Crippen LogP contribution is 2.28. The summed E-state index contributed by atoms with van der Waals surface area (Å²) in [6.07, 6.45) is 20.3. The summed E-state index contributed by atoms with van der Waals surface area (Å²) < 4.78 is 5.14. The first-order valence-corrected chi connectivity index (χ1v) is 14.0. The van der Waals surface area contributed by atoms with Crippen LogP contribution in [0, 0.1) is 0 Å². The Labute approximate surface area is 218 Å². The summed E-state index contributed by atoms with van der Waals surface area (Å²) in [5.41, 5.74) is 7.78. The van der Waals surface area contributed by atoms with Gasteiger partial charge in [-0.25, -0.2) is 14.8 Å². The van der Waals surface area contributed by atoms with Crippen molar-refractivity contribution < 1.29 is 9.53 Å². The number of unbranched alkanes of at least 4 members (excludes halogenated alkanes) is 13. The van der Waals surface area contributed by atoms with Crippen LogP contribution in [0.5, 0.6) is 0 Å². The zero-order valence-electron chi connectivity index (χ0n) is 22.5. The molecule has 2 rings (SSSR count). The third-order valence-electron chi connectivity index (χ3n) is 6.38. The largest absolute Gasteiger partial charge is 0.462 e. The van der Waals surface area contributed by atoms with Gasteiger partial charge in [0.25, 0.3) is 0 Å². The van der Waals surface area contributed by atoms with Crippen molar-refractivity contribution in [1.29, 1.82) is 0 Å². The Hall–Kier alpha value is -2.83. The molecule has 0 unspecified atom stereocenters. The molecule has 0 aliphatic heterocycles. The molecule has 0 radical (unpaired) electrons.